The highest BCUT2D eigenvalue weighted by atomic mass is 16.2. The number of fused-ring (bicyclic) bond motifs is 1. The third-order valence-corrected chi connectivity index (χ3v) is 4.00. The Hall–Kier alpha value is -1.55. The van der Waals surface area contributed by atoms with Gasteiger partial charge in [0, 0.05) is 24.8 Å². The van der Waals surface area contributed by atoms with Crippen LogP contribution in [0.25, 0.3) is 0 Å². The van der Waals surface area contributed by atoms with Crippen molar-refractivity contribution >= 4 is 11.6 Å². The van der Waals surface area contributed by atoms with E-state index in [9.17, 15) is 4.79 Å². The Kier molecular flexibility index (Phi) is 5.62. The fraction of sp³-hybridized carbons (Fsp3) is 0.588. The number of amides is 1. The first-order valence-corrected chi connectivity index (χ1v) is 7.94. The number of hydrogen-bond donors (Lipinski definition) is 2. The lowest BCUT2D eigenvalue weighted by Crippen LogP contribution is -2.38. The van der Waals surface area contributed by atoms with Crippen molar-refractivity contribution in [2.45, 2.75) is 39.2 Å². The van der Waals surface area contributed by atoms with E-state index in [-0.39, 0.29) is 11.9 Å². The molecule has 0 aromatic heterocycles. The quantitative estimate of drug-likeness (QED) is 0.875. The SMILES string of the molecule is CC(C)CCNC(=O)CN1CCCC(N)c2ccccc21. The zero-order chi connectivity index (χ0) is 15.2. The van der Waals surface area contributed by atoms with Crippen LogP contribution in [0.1, 0.15) is 44.7 Å². The van der Waals surface area contributed by atoms with Gasteiger partial charge in [-0.05, 0) is 36.8 Å². The first-order valence-electron chi connectivity index (χ1n) is 7.94. The maximum Gasteiger partial charge on any atom is 0.239 e. The van der Waals surface area contributed by atoms with Gasteiger partial charge >= 0.3 is 0 Å². The molecule has 1 amide bonds. The van der Waals surface area contributed by atoms with Crippen molar-refractivity contribution in [3.63, 3.8) is 0 Å². The maximum atomic E-state index is 12.1. The molecule has 4 heteroatoms. The first kappa shape index (κ1) is 15.8. The van der Waals surface area contributed by atoms with Gasteiger partial charge in [-0.25, -0.2) is 0 Å². The molecule has 0 spiro atoms. The van der Waals surface area contributed by atoms with E-state index in [4.69, 9.17) is 5.73 Å². The number of carbonyl (C=O) groups is 1. The molecule has 0 aliphatic carbocycles. The summed E-state index contributed by atoms with van der Waals surface area (Å²) >= 11 is 0. The molecule has 1 aromatic carbocycles. The molecule has 1 heterocycles. The summed E-state index contributed by atoms with van der Waals surface area (Å²) < 4.78 is 0. The van der Waals surface area contributed by atoms with Crippen LogP contribution >= 0.6 is 0 Å². The van der Waals surface area contributed by atoms with Crippen molar-refractivity contribution in [3.8, 4) is 0 Å². The second-order valence-corrected chi connectivity index (χ2v) is 6.26. The van der Waals surface area contributed by atoms with Gasteiger partial charge in [-0.2, -0.15) is 0 Å². The molecule has 0 radical (unpaired) electrons. The Morgan fingerprint density at radius 3 is 2.95 bits per heavy atom. The lowest BCUT2D eigenvalue weighted by molar-refractivity contribution is -0.119. The van der Waals surface area contributed by atoms with Crippen molar-refractivity contribution in [1.29, 1.82) is 0 Å². The highest BCUT2D eigenvalue weighted by molar-refractivity contribution is 5.81. The fourth-order valence-electron chi connectivity index (χ4n) is 2.76. The molecule has 1 aliphatic rings. The molecule has 116 valence electrons. The van der Waals surface area contributed by atoms with Gasteiger partial charge in [0.1, 0.15) is 0 Å². The lowest BCUT2D eigenvalue weighted by Gasteiger charge is -2.24. The van der Waals surface area contributed by atoms with Gasteiger partial charge in [0.2, 0.25) is 5.91 Å². The Bertz CT molecular complexity index is 473. The number of carbonyl (C=O) groups excluding carboxylic acids is 1. The third kappa shape index (κ3) is 4.46. The zero-order valence-electron chi connectivity index (χ0n) is 13.1. The van der Waals surface area contributed by atoms with E-state index >= 15 is 0 Å². The van der Waals surface area contributed by atoms with E-state index in [1.807, 2.05) is 12.1 Å². The van der Waals surface area contributed by atoms with Crippen LogP contribution < -0.4 is 16.0 Å². The molecule has 2 rings (SSSR count). The molecular weight excluding hydrogens is 262 g/mol. The molecule has 1 atom stereocenters. The largest absolute Gasteiger partial charge is 0.362 e. The van der Waals surface area contributed by atoms with E-state index in [2.05, 4.69) is 36.2 Å². The van der Waals surface area contributed by atoms with Crippen molar-refractivity contribution < 1.29 is 4.79 Å². The van der Waals surface area contributed by atoms with E-state index in [0.29, 0.717) is 12.5 Å². The number of nitrogens with one attached hydrogen (secondary N) is 1. The summed E-state index contributed by atoms with van der Waals surface area (Å²) in [7, 11) is 0. The fourth-order valence-corrected chi connectivity index (χ4v) is 2.76. The van der Waals surface area contributed by atoms with Crippen LogP contribution in [-0.2, 0) is 4.79 Å². The molecule has 1 aromatic rings. The topological polar surface area (TPSA) is 58.4 Å². The molecule has 21 heavy (non-hydrogen) atoms. The average molecular weight is 289 g/mol. The smallest absolute Gasteiger partial charge is 0.239 e. The Morgan fingerprint density at radius 2 is 2.19 bits per heavy atom. The van der Waals surface area contributed by atoms with Gasteiger partial charge in [0.15, 0.2) is 0 Å². The summed E-state index contributed by atoms with van der Waals surface area (Å²) in [6.45, 7) is 6.40. The second-order valence-electron chi connectivity index (χ2n) is 6.26. The number of nitrogens with zero attached hydrogens (tertiary/aromatic N) is 1. The van der Waals surface area contributed by atoms with Crippen LogP contribution in [0.15, 0.2) is 24.3 Å². The number of anilines is 1. The maximum absolute atomic E-state index is 12.1. The van der Waals surface area contributed by atoms with Crippen LogP contribution in [0.5, 0.6) is 0 Å². The molecule has 0 fully saturated rings. The molecule has 0 bridgehead atoms. The summed E-state index contributed by atoms with van der Waals surface area (Å²) in [6, 6.07) is 8.26. The highest BCUT2D eigenvalue weighted by Crippen LogP contribution is 2.30. The Balaban J connectivity index is 1.99. The molecule has 3 N–H and O–H groups in total. The number of para-hydroxylation sites is 1. The minimum atomic E-state index is 0.0789. The molecular formula is C17H27N3O. The van der Waals surface area contributed by atoms with Gasteiger partial charge in [0.25, 0.3) is 0 Å². The Labute approximate surface area is 127 Å². The molecule has 4 nitrogen and oxygen atoms in total. The summed E-state index contributed by atoms with van der Waals surface area (Å²) in [5, 5.41) is 3.01. The summed E-state index contributed by atoms with van der Waals surface area (Å²) in [4.78, 5) is 14.3. The minimum Gasteiger partial charge on any atom is -0.362 e. The van der Waals surface area contributed by atoms with Gasteiger partial charge in [-0.15, -0.1) is 0 Å². The van der Waals surface area contributed by atoms with Crippen molar-refractivity contribution in [3.05, 3.63) is 29.8 Å². The number of rotatable bonds is 5. The van der Waals surface area contributed by atoms with Gasteiger partial charge in [0.05, 0.1) is 6.54 Å². The third-order valence-electron chi connectivity index (χ3n) is 4.00. The van der Waals surface area contributed by atoms with E-state index in [0.717, 1.165) is 43.6 Å². The van der Waals surface area contributed by atoms with Gasteiger partial charge < -0.3 is 16.0 Å². The van der Waals surface area contributed by atoms with Crippen LogP contribution in [0.4, 0.5) is 5.69 Å². The number of nitrogens with two attached hydrogens (primary N) is 1. The van der Waals surface area contributed by atoms with Crippen LogP contribution in [0.2, 0.25) is 0 Å². The molecule has 0 saturated carbocycles. The van der Waals surface area contributed by atoms with E-state index in [1.165, 1.54) is 0 Å². The monoisotopic (exact) mass is 289 g/mol. The van der Waals surface area contributed by atoms with Crippen molar-refractivity contribution in [2.24, 2.45) is 11.7 Å². The van der Waals surface area contributed by atoms with Crippen LogP contribution in [-0.4, -0.2) is 25.5 Å². The van der Waals surface area contributed by atoms with Gasteiger partial charge in [-0.3, -0.25) is 4.79 Å². The first-order chi connectivity index (χ1) is 10.1. The Morgan fingerprint density at radius 1 is 1.43 bits per heavy atom. The predicted octanol–water partition coefficient (Wildman–Crippen LogP) is 2.45. The van der Waals surface area contributed by atoms with Crippen molar-refractivity contribution in [2.75, 3.05) is 24.5 Å². The van der Waals surface area contributed by atoms with Crippen molar-refractivity contribution in [1.82, 2.24) is 5.32 Å². The average Bonchev–Trinajstić information content (AvgIpc) is 2.59. The highest BCUT2D eigenvalue weighted by Gasteiger charge is 2.21. The minimum absolute atomic E-state index is 0.0789. The standard InChI is InChI=1S/C17H27N3O/c1-13(2)9-10-19-17(21)12-20-11-5-7-15(18)14-6-3-4-8-16(14)20/h3-4,6,8,13,15H,5,7,9-12,18H2,1-2H3,(H,19,21). The van der Waals surface area contributed by atoms with E-state index < -0.39 is 0 Å². The van der Waals surface area contributed by atoms with E-state index in [1.54, 1.807) is 0 Å². The molecule has 0 saturated heterocycles. The number of hydrogen-bond acceptors (Lipinski definition) is 3. The summed E-state index contributed by atoms with van der Waals surface area (Å²) in [5.74, 6) is 0.711. The normalized spacial score (nSPS) is 18.3. The molecule has 1 unspecified atom stereocenters. The second kappa shape index (κ2) is 7.46. The van der Waals surface area contributed by atoms with Crippen LogP contribution in [0, 0.1) is 5.92 Å². The van der Waals surface area contributed by atoms with Crippen LogP contribution in [0.3, 0.4) is 0 Å². The number of benzene rings is 1. The van der Waals surface area contributed by atoms with Gasteiger partial charge in [-0.1, -0.05) is 32.0 Å². The summed E-state index contributed by atoms with van der Waals surface area (Å²) in [5.41, 5.74) is 8.50. The summed E-state index contributed by atoms with van der Waals surface area (Å²) in [6.07, 6.45) is 3.02. The predicted molar refractivity (Wildman–Crippen MR) is 87.3 cm³/mol. The molecule has 1 aliphatic heterocycles. The zero-order valence-corrected chi connectivity index (χ0v) is 13.1. The lowest BCUT2D eigenvalue weighted by atomic mass is 10.0.